The van der Waals surface area contributed by atoms with E-state index < -0.39 is 0 Å². The average Bonchev–Trinajstić information content (AvgIpc) is 2.47. The Kier molecular flexibility index (Phi) is 4.12. The summed E-state index contributed by atoms with van der Waals surface area (Å²) in [6.45, 7) is 4.30. The van der Waals surface area contributed by atoms with Crippen LogP contribution in [-0.4, -0.2) is 50.1 Å². The summed E-state index contributed by atoms with van der Waals surface area (Å²) in [6, 6.07) is 5.10. The third-order valence-electron chi connectivity index (χ3n) is 3.52. The van der Waals surface area contributed by atoms with Crippen molar-refractivity contribution < 1.29 is 14.3 Å². The summed E-state index contributed by atoms with van der Waals surface area (Å²) in [5.41, 5.74) is 7.89. The smallest absolute Gasteiger partial charge is 0.337 e. The molecule has 1 aromatic carbocycles. The third-order valence-corrected chi connectivity index (χ3v) is 3.52. The maximum Gasteiger partial charge on any atom is 0.337 e. The Morgan fingerprint density at radius 1 is 1.20 bits per heavy atom. The lowest BCUT2D eigenvalue weighted by Crippen LogP contribution is -2.48. The van der Waals surface area contributed by atoms with Crippen LogP contribution < -0.4 is 10.6 Å². The number of carbonyl (C=O) groups is 2. The van der Waals surface area contributed by atoms with Gasteiger partial charge in [-0.15, -0.1) is 0 Å². The maximum atomic E-state index is 11.6. The molecule has 6 nitrogen and oxygen atoms in total. The van der Waals surface area contributed by atoms with Gasteiger partial charge in [-0.05, 0) is 18.2 Å². The molecule has 0 radical (unpaired) electrons. The van der Waals surface area contributed by atoms with Crippen LogP contribution in [0, 0.1) is 0 Å². The van der Waals surface area contributed by atoms with Crippen molar-refractivity contribution >= 4 is 23.3 Å². The van der Waals surface area contributed by atoms with Crippen LogP contribution in [0.2, 0.25) is 0 Å². The van der Waals surface area contributed by atoms with Gasteiger partial charge in [0.2, 0.25) is 5.91 Å². The summed E-state index contributed by atoms with van der Waals surface area (Å²) < 4.78 is 4.72. The van der Waals surface area contributed by atoms with Crippen molar-refractivity contribution in [2.24, 2.45) is 0 Å². The lowest BCUT2D eigenvalue weighted by atomic mass is 10.1. The van der Waals surface area contributed by atoms with Crippen molar-refractivity contribution in [2.75, 3.05) is 43.9 Å². The maximum absolute atomic E-state index is 11.6. The lowest BCUT2D eigenvalue weighted by Gasteiger charge is -2.36. The second-order valence-corrected chi connectivity index (χ2v) is 4.76. The Morgan fingerprint density at radius 2 is 1.85 bits per heavy atom. The van der Waals surface area contributed by atoms with Crippen LogP contribution in [0.3, 0.4) is 0 Å². The number of anilines is 2. The van der Waals surface area contributed by atoms with Gasteiger partial charge in [-0.25, -0.2) is 4.79 Å². The molecule has 1 aromatic rings. The van der Waals surface area contributed by atoms with Crippen LogP contribution in [0.25, 0.3) is 0 Å². The molecular weight excluding hydrogens is 258 g/mol. The zero-order valence-corrected chi connectivity index (χ0v) is 11.8. The first-order valence-electron chi connectivity index (χ1n) is 6.51. The zero-order valence-electron chi connectivity index (χ0n) is 11.8. The molecule has 1 aliphatic heterocycles. The molecule has 1 fully saturated rings. The van der Waals surface area contributed by atoms with Crippen LogP contribution in [0.4, 0.5) is 11.4 Å². The first kappa shape index (κ1) is 14.2. The summed E-state index contributed by atoms with van der Waals surface area (Å²) in [6.07, 6.45) is 0. The Morgan fingerprint density at radius 3 is 2.40 bits per heavy atom. The second-order valence-electron chi connectivity index (χ2n) is 4.76. The van der Waals surface area contributed by atoms with Gasteiger partial charge in [0.1, 0.15) is 0 Å². The average molecular weight is 277 g/mol. The molecule has 2 N–H and O–H groups in total. The third kappa shape index (κ3) is 2.84. The minimum atomic E-state index is -0.381. The van der Waals surface area contributed by atoms with Crippen molar-refractivity contribution in [1.29, 1.82) is 0 Å². The number of hydrogen-bond donors (Lipinski definition) is 1. The molecule has 2 rings (SSSR count). The number of rotatable bonds is 2. The standard InChI is InChI=1S/C14H19N3O3/c1-10(18)16-5-7-17(8-6-16)13-9-11(14(19)20-2)3-4-12(13)15/h3-4,9H,5-8,15H2,1-2H3. The van der Waals surface area contributed by atoms with E-state index in [1.54, 1.807) is 30.0 Å². The predicted molar refractivity (Wildman–Crippen MR) is 76.7 cm³/mol. The Hall–Kier alpha value is -2.24. The number of carbonyl (C=O) groups excluding carboxylic acids is 2. The van der Waals surface area contributed by atoms with Crippen LogP contribution >= 0.6 is 0 Å². The molecule has 20 heavy (non-hydrogen) atoms. The molecular formula is C14H19N3O3. The van der Waals surface area contributed by atoms with Crippen molar-refractivity contribution in [1.82, 2.24) is 4.90 Å². The van der Waals surface area contributed by atoms with Crippen molar-refractivity contribution in [3.05, 3.63) is 23.8 Å². The fourth-order valence-corrected chi connectivity index (χ4v) is 2.32. The minimum Gasteiger partial charge on any atom is -0.465 e. The van der Waals surface area contributed by atoms with E-state index >= 15 is 0 Å². The summed E-state index contributed by atoms with van der Waals surface area (Å²) in [5, 5.41) is 0. The Labute approximate surface area is 118 Å². The molecule has 6 heteroatoms. The molecule has 108 valence electrons. The molecule has 1 heterocycles. The second kappa shape index (κ2) is 5.81. The summed E-state index contributed by atoms with van der Waals surface area (Å²) in [7, 11) is 1.35. The van der Waals surface area contributed by atoms with E-state index in [4.69, 9.17) is 10.5 Å². The number of hydrogen-bond acceptors (Lipinski definition) is 5. The number of nitrogens with two attached hydrogens (primary N) is 1. The number of nitrogens with zero attached hydrogens (tertiary/aromatic N) is 2. The normalized spacial score (nSPS) is 15.1. The van der Waals surface area contributed by atoms with Gasteiger partial charge in [-0.2, -0.15) is 0 Å². The molecule has 0 aromatic heterocycles. The van der Waals surface area contributed by atoms with Crippen LogP contribution in [0.5, 0.6) is 0 Å². The molecule has 0 unspecified atom stereocenters. The Balaban J connectivity index is 2.17. The van der Waals surface area contributed by atoms with Gasteiger partial charge in [0, 0.05) is 33.1 Å². The van der Waals surface area contributed by atoms with E-state index in [0.717, 1.165) is 5.69 Å². The lowest BCUT2D eigenvalue weighted by molar-refractivity contribution is -0.129. The van der Waals surface area contributed by atoms with Crippen LogP contribution in [-0.2, 0) is 9.53 Å². The van der Waals surface area contributed by atoms with Gasteiger partial charge in [-0.3, -0.25) is 4.79 Å². The molecule has 0 bridgehead atoms. The Bertz CT molecular complexity index is 522. The van der Waals surface area contributed by atoms with Crippen molar-refractivity contribution in [3.8, 4) is 0 Å². The molecule has 0 atom stereocenters. The fourth-order valence-electron chi connectivity index (χ4n) is 2.32. The van der Waals surface area contributed by atoms with Gasteiger partial charge in [0.25, 0.3) is 0 Å². The summed E-state index contributed by atoms with van der Waals surface area (Å²) >= 11 is 0. The van der Waals surface area contributed by atoms with E-state index in [0.29, 0.717) is 37.4 Å². The van der Waals surface area contributed by atoms with Crippen molar-refractivity contribution in [2.45, 2.75) is 6.92 Å². The van der Waals surface area contributed by atoms with E-state index in [9.17, 15) is 9.59 Å². The zero-order chi connectivity index (χ0) is 14.7. The summed E-state index contributed by atoms with van der Waals surface area (Å²) in [4.78, 5) is 26.8. The van der Waals surface area contributed by atoms with Crippen LogP contribution in [0.15, 0.2) is 18.2 Å². The highest BCUT2D eigenvalue weighted by Gasteiger charge is 2.21. The summed E-state index contributed by atoms with van der Waals surface area (Å²) in [5.74, 6) is -0.297. The number of ether oxygens (including phenoxy) is 1. The van der Waals surface area contributed by atoms with Gasteiger partial charge in [-0.1, -0.05) is 0 Å². The molecule has 0 spiro atoms. The molecule has 1 amide bonds. The van der Waals surface area contributed by atoms with Gasteiger partial charge in [0.05, 0.1) is 24.0 Å². The number of amides is 1. The van der Waals surface area contributed by atoms with E-state index in [2.05, 4.69) is 4.90 Å². The highest BCUT2D eigenvalue weighted by Crippen LogP contribution is 2.26. The number of benzene rings is 1. The molecule has 0 saturated carbocycles. The number of nitrogen functional groups attached to an aromatic ring is 1. The number of methoxy groups -OCH3 is 1. The van der Waals surface area contributed by atoms with Gasteiger partial charge < -0.3 is 20.3 Å². The van der Waals surface area contributed by atoms with Crippen LogP contribution in [0.1, 0.15) is 17.3 Å². The monoisotopic (exact) mass is 277 g/mol. The van der Waals surface area contributed by atoms with E-state index in [1.807, 2.05) is 0 Å². The highest BCUT2D eigenvalue weighted by molar-refractivity contribution is 5.92. The highest BCUT2D eigenvalue weighted by atomic mass is 16.5. The van der Waals surface area contributed by atoms with Gasteiger partial charge >= 0.3 is 5.97 Å². The molecule has 1 aliphatic rings. The first-order valence-corrected chi connectivity index (χ1v) is 6.51. The molecule has 0 aliphatic carbocycles. The largest absolute Gasteiger partial charge is 0.465 e. The number of piperazine rings is 1. The van der Waals surface area contributed by atoms with Crippen molar-refractivity contribution in [3.63, 3.8) is 0 Å². The minimum absolute atomic E-state index is 0.0842. The fraction of sp³-hybridized carbons (Fsp3) is 0.429. The quantitative estimate of drug-likeness (QED) is 0.637. The molecule has 1 saturated heterocycles. The SMILES string of the molecule is COC(=O)c1ccc(N)c(N2CCN(C(C)=O)CC2)c1. The van der Waals surface area contributed by atoms with E-state index in [-0.39, 0.29) is 11.9 Å². The topological polar surface area (TPSA) is 75.9 Å². The first-order chi connectivity index (χ1) is 9.52. The predicted octanol–water partition coefficient (Wildman–Crippen LogP) is 0.724. The van der Waals surface area contributed by atoms with E-state index in [1.165, 1.54) is 7.11 Å². The van der Waals surface area contributed by atoms with Gasteiger partial charge in [0.15, 0.2) is 0 Å². The number of esters is 1.